The fraction of sp³-hybridized carbons (Fsp3) is 0.310. The zero-order valence-corrected chi connectivity index (χ0v) is 21.7. The number of carbonyl (C=O) groups excluding carboxylic acids is 1. The van der Waals surface area contributed by atoms with E-state index in [2.05, 4.69) is 5.32 Å². The van der Waals surface area contributed by atoms with Crippen LogP contribution in [0.4, 0.5) is 0 Å². The molecular formula is C29H32N2O5S. The molecule has 1 saturated heterocycles. The molecule has 1 heterocycles. The summed E-state index contributed by atoms with van der Waals surface area (Å²) in [6.45, 7) is 2.45. The van der Waals surface area contributed by atoms with Crippen molar-refractivity contribution in [2.45, 2.75) is 38.0 Å². The van der Waals surface area contributed by atoms with E-state index in [4.69, 9.17) is 0 Å². The minimum Gasteiger partial charge on any atom is -0.480 e. The topological polar surface area (TPSA) is 104 Å². The number of rotatable bonds is 9. The summed E-state index contributed by atoms with van der Waals surface area (Å²) in [6.07, 6.45) is 1.20. The van der Waals surface area contributed by atoms with Gasteiger partial charge in [0.1, 0.15) is 6.04 Å². The molecule has 37 heavy (non-hydrogen) atoms. The molecule has 0 aromatic heterocycles. The molecule has 2 N–H and O–H groups in total. The van der Waals surface area contributed by atoms with Gasteiger partial charge in [-0.1, -0.05) is 78.9 Å². The molecule has 1 aliphatic heterocycles. The highest BCUT2D eigenvalue weighted by Gasteiger charge is 2.34. The number of hydrogen-bond donors (Lipinski definition) is 2. The van der Waals surface area contributed by atoms with Crippen LogP contribution < -0.4 is 5.32 Å². The van der Waals surface area contributed by atoms with Crippen LogP contribution in [0.25, 0.3) is 11.1 Å². The SMILES string of the molecule is Cc1ccccc1-c1ccc(C[C@H](NC(=O)C2CCCN(S(=O)(=O)Cc3ccccc3)C2)C(=O)O)cc1. The number of carboxylic acids is 1. The highest BCUT2D eigenvalue weighted by atomic mass is 32.2. The molecule has 3 aromatic rings. The summed E-state index contributed by atoms with van der Waals surface area (Å²) >= 11 is 0. The van der Waals surface area contributed by atoms with E-state index in [9.17, 15) is 23.1 Å². The smallest absolute Gasteiger partial charge is 0.326 e. The molecular weight excluding hydrogens is 488 g/mol. The number of aliphatic carboxylic acids is 1. The molecule has 7 nitrogen and oxygen atoms in total. The first kappa shape index (κ1) is 26.6. The Balaban J connectivity index is 1.39. The molecule has 194 valence electrons. The van der Waals surface area contributed by atoms with E-state index < -0.39 is 33.9 Å². The summed E-state index contributed by atoms with van der Waals surface area (Å²) in [5.41, 5.74) is 4.78. The van der Waals surface area contributed by atoms with Crippen molar-refractivity contribution in [2.75, 3.05) is 13.1 Å². The number of hydrogen-bond acceptors (Lipinski definition) is 4. The van der Waals surface area contributed by atoms with Gasteiger partial charge in [0.2, 0.25) is 15.9 Å². The molecule has 0 radical (unpaired) electrons. The van der Waals surface area contributed by atoms with Gasteiger partial charge in [-0.2, -0.15) is 0 Å². The van der Waals surface area contributed by atoms with Gasteiger partial charge in [0, 0.05) is 19.5 Å². The first-order valence-corrected chi connectivity index (χ1v) is 14.0. The summed E-state index contributed by atoms with van der Waals surface area (Å²) in [7, 11) is -3.59. The first-order chi connectivity index (χ1) is 17.7. The summed E-state index contributed by atoms with van der Waals surface area (Å²) in [4.78, 5) is 25.0. The lowest BCUT2D eigenvalue weighted by Crippen LogP contribution is -2.50. The number of carboxylic acid groups (broad SMARTS) is 1. The Bertz CT molecular complexity index is 1340. The Labute approximate surface area is 218 Å². The molecule has 1 fully saturated rings. The van der Waals surface area contributed by atoms with Gasteiger partial charge in [0.15, 0.2) is 0 Å². The number of amides is 1. The van der Waals surface area contributed by atoms with Crippen molar-refractivity contribution in [1.29, 1.82) is 0 Å². The molecule has 3 aromatic carbocycles. The zero-order valence-electron chi connectivity index (χ0n) is 20.8. The van der Waals surface area contributed by atoms with Crippen LogP contribution in [-0.4, -0.2) is 48.8 Å². The predicted octanol–water partition coefficient (Wildman–Crippen LogP) is 4.02. The van der Waals surface area contributed by atoms with Crippen molar-refractivity contribution in [2.24, 2.45) is 5.92 Å². The normalized spacial score (nSPS) is 17.2. The van der Waals surface area contributed by atoms with Crippen LogP contribution in [0.1, 0.15) is 29.5 Å². The van der Waals surface area contributed by atoms with E-state index in [1.165, 1.54) is 4.31 Å². The number of piperidine rings is 1. The molecule has 1 aliphatic rings. The van der Waals surface area contributed by atoms with Crippen molar-refractivity contribution < 1.29 is 23.1 Å². The molecule has 0 saturated carbocycles. The van der Waals surface area contributed by atoms with Crippen LogP contribution in [0.15, 0.2) is 78.9 Å². The monoisotopic (exact) mass is 520 g/mol. The van der Waals surface area contributed by atoms with Crippen LogP contribution in [-0.2, 0) is 31.8 Å². The Morgan fingerprint density at radius 2 is 1.65 bits per heavy atom. The van der Waals surface area contributed by atoms with E-state index in [0.29, 0.717) is 24.9 Å². The summed E-state index contributed by atoms with van der Waals surface area (Å²) in [6, 6.07) is 23.5. The van der Waals surface area contributed by atoms with E-state index in [1.807, 2.05) is 61.5 Å². The maximum atomic E-state index is 13.0. The molecule has 8 heteroatoms. The molecule has 1 unspecified atom stereocenters. The van der Waals surface area contributed by atoms with Gasteiger partial charge >= 0.3 is 5.97 Å². The lowest BCUT2D eigenvalue weighted by molar-refractivity contribution is -0.142. The Morgan fingerprint density at radius 1 is 0.973 bits per heavy atom. The van der Waals surface area contributed by atoms with Crippen molar-refractivity contribution in [3.8, 4) is 11.1 Å². The maximum absolute atomic E-state index is 13.0. The van der Waals surface area contributed by atoms with E-state index in [0.717, 1.165) is 22.3 Å². The molecule has 2 atom stereocenters. The zero-order chi connectivity index (χ0) is 26.4. The van der Waals surface area contributed by atoms with E-state index in [-0.39, 0.29) is 18.7 Å². The third kappa shape index (κ3) is 6.84. The lowest BCUT2D eigenvalue weighted by atomic mass is 9.96. The minimum absolute atomic E-state index is 0.0540. The van der Waals surface area contributed by atoms with Crippen LogP contribution in [0.2, 0.25) is 0 Å². The molecule has 4 rings (SSSR count). The quantitative estimate of drug-likeness (QED) is 0.444. The highest BCUT2D eigenvalue weighted by molar-refractivity contribution is 7.88. The van der Waals surface area contributed by atoms with Gasteiger partial charge in [-0.15, -0.1) is 0 Å². The summed E-state index contributed by atoms with van der Waals surface area (Å²) in [5.74, 6) is -2.27. The van der Waals surface area contributed by atoms with Crippen molar-refractivity contribution in [3.63, 3.8) is 0 Å². The van der Waals surface area contributed by atoms with E-state index >= 15 is 0 Å². The van der Waals surface area contributed by atoms with Gasteiger partial charge in [-0.25, -0.2) is 17.5 Å². The average molecular weight is 521 g/mol. The number of sulfonamides is 1. The van der Waals surface area contributed by atoms with Crippen molar-refractivity contribution in [1.82, 2.24) is 9.62 Å². The second-order valence-corrected chi connectivity index (χ2v) is 11.5. The summed E-state index contributed by atoms with van der Waals surface area (Å²) < 4.78 is 27.2. The van der Waals surface area contributed by atoms with Crippen molar-refractivity contribution >= 4 is 21.9 Å². The van der Waals surface area contributed by atoms with Crippen LogP contribution in [0.3, 0.4) is 0 Å². The minimum atomic E-state index is -3.59. The largest absolute Gasteiger partial charge is 0.480 e. The predicted molar refractivity (Wildman–Crippen MR) is 143 cm³/mol. The third-order valence-corrected chi connectivity index (χ3v) is 8.62. The lowest BCUT2D eigenvalue weighted by Gasteiger charge is -2.32. The van der Waals surface area contributed by atoms with Gasteiger partial charge in [-0.3, -0.25) is 4.79 Å². The second kappa shape index (κ2) is 11.7. The second-order valence-electron chi connectivity index (χ2n) is 9.55. The van der Waals surface area contributed by atoms with Gasteiger partial charge in [-0.05, 0) is 47.6 Å². The Morgan fingerprint density at radius 3 is 2.32 bits per heavy atom. The third-order valence-electron chi connectivity index (χ3n) is 6.80. The Kier molecular flexibility index (Phi) is 8.41. The van der Waals surface area contributed by atoms with Crippen LogP contribution in [0, 0.1) is 12.8 Å². The molecule has 0 bridgehead atoms. The Hall–Kier alpha value is -3.49. The number of carbonyl (C=O) groups is 2. The van der Waals surface area contributed by atoms with Crippen molar-refractivity contribution in [3.05, 3.63) is 95.6 Å². The number of aryl methyl sites for hydroxylation is 1. The molecule has 1 amide bonds. The number of nitrogens with one attached hydrogen (secondary N) is 1. The van der Waals surface area contributed by atoms with E-state index in [1.54, 1.807) is 24.3 Å². The number of benzene rings is 3. The fourth-order valence-corrected chi connectivity index (χ4v) is 6.34. The molecule has 0 spiro atoms. The van der Waals surface area contributed by atoms with Crippen LogP contribution >= 0.6 is 0 Å². The maximum Gasteiger partial charge on any atom is 0.326 e. The number of nitrogens with zero attached hydrogens (tertiary/aromatic N) is 1. The highest BCUT2D eigenvalue weighted by Crippen LogP contribution is 2.24. The molecule has 0 aliphatic carbocycles. The fourth-order valence-electron chi connectivity index (χ4n) is 4.73. The summed E-state index contributed by atoms with van der Waals surface area (Å²) in [5, 5.41) is 12.4. The first-order valence-electron chi connectivity index (χ1n) is 12.4. The standard InChI is InChI=1S/C29H32N2O5S/c1-21-8-5-6-12-26(21)24-15-13-22(14-16-24)18-27(29(33)34)30-28(32)25-11-7-17-31(19-25)37(35,36)20-23-9-3-2-4-10-23/h2-6,8-10,12-16,25,27H,7,11,17-20H2,1H3,(H,30,32)(H,33,34)/t25?,27-/m0/s1. The van der Waals surface area contributed by atoms with Gasteiger partial charge in [0.25, 0.3) is 0 Å². The van der Waals surface area contributed by atoms with Crippen LogP contribution in [0.5, 0.6) is 0 Å². The van der Waals surface area contributed by atoms with Gasteiger partial charge in [0.05, 0.1) is 11.7 Å². The average Bonchev–Trinajstić information content (AvgIpc) is 2.89. The van der Waals surface area contributed by atoms with Gasteiger partial charge < -0.3 is 10.4 Å².